The molecule has 1 heterocycles. The first-order valence-electron chi connectivity index (χ1n) is 4.83. The van der Waals surface area contributed by atoms with Gasteiger partial charge in [0.2, 0.25) is 0 Å². The molecule has 2 aromatic rings. The average molecular weight is 213 g/mol. The molecule has 0 amide bonds. The summed E-state index contributed by atoms with van der Waals surface area (Å²) in [5.41, 5.74) is 2.14. The van der Waals surface area contributed by atoms with Crippen LogP contribution in [-0.4, -0.2) is 16.9 Å². The van der Waals surface area contributed by atoms with Crippen LogP contribution in [0.15, 0.2) is 30.5 Å². The van der Waals surface area contributed by atoms with E-state index in [-0.39, 0.29) is 0 Å². The van der Waals surface area contributed by atoms with Crippen molar-refractivity contribution in [3.8, 4) is 23.1 Å². The fourth-order valence-corrected chi connectivity index (χ4v) is 1.55. The van der Waals surface area contributed by atoms with Crippen molar-refractivity contribution in [2.45, 2.75) is 0 Å². The Morgan fingerprint density at radius 3 is 2.94 bits per heavy atom. The molecule has 4 heteroatoms. The van der Waals surface area contributed by atoms with Gasteiger partial charge in [0.15, 0.2) is 0 Å². The highest BCUT2D eigenvalue weighted by Crippen LogP contribution is 2.24. The van der Waals surface area contributed by atoms with Gasteiger partial charge in [0.1, 0.15) is 17.5 Å². The van der Waals surface area contributed by atoms with Crippen molar-refractivity contribution in [3.05, 3.63) is 36.0 Å². The number of methoxy groups -OCH3 is 1. The number of aryl methyl sites for hydroxylation is 1. The van der Waals surface area contributed by atoms with Gasteiger partial charge >= 0.3 is 0 Å². The zero-order valence-electron chi connectivity index (χ0n) is 9.14. The molecule has 0 N–H and O–H groups in total. The number of nitrogens with zero attached hydrogens (tertiary/aromatic N) is 3. The number of hydrogen-bond acceptors (Lipinski definition) is 3. The number of hydrogen-bond donors (Lipinski definition) is 0. The second kappa shape index (κ2) is 4.07. The number of rotatable bonds is 2. The molecule has 2 rings (SSSR count). The fraction of sp³-hybridized carbons (Fsp3) is 0.167. The molecular weight excluding hydrogens is 202 g/mol. The Morgan fingerprint density at radius 2 is 2.25 bits per heavy atom. The van der Waals surface area contributed by atoms with Crippen molar-refractivity contribution in [2.75, 3.05) is 7.11 Å². The normalized spacial score (nSPS) is 9.81. The van der Waals surface area contributed by atoms with Gasteiger partial charge in [0.25, 0.3) is 0 Å². The van der Waals surface area contributed by atoms with Crippen molar-refractivity contribution >= 4 is 0 Å². The van der Waals surface area contributed by atoms with Crippen LogP contribution >= 0.6 is 0 Å². The first-order chi connectivity index (χ1) is 7.74. The first-order valence-corrected chi connectivity index (χ1v) is 4.83. The average Bonchev–Trinajstić information content (AvgIpc) is 2.70. The van der Waals surface area contributed by atoms with Gasteiger partial charge in [-0.15, -0.1) is 0 Å². The van der Waals surface area contributed by atoms with Gasteiger partial charge in [0, 0.05) is 18.8 Å². The van der Waals surface area contributed by atoms with Gasteiger partial charge in [0.05, 0.1) is 12.7 Å². The molecule has 0 fully saturated rings. The third-order valence-electron chi connectivity index (χ3n) is 2.29. The second-order valence-electron chi connectivity index (χ2n) is 3.41. The molecule has 0 radical (unpaired) electrons. The lowest BCUT2D eigenvalue weighted by Crippen LogP contribution is -1.89. The molecule has 4 nitrogen and oxygen atoms in total. The largest absolute Gasteiger partial charge is 0.497 e. The molecular formula is C12H11N3O. The lowest BCUT2D eigenvalue weighted by Gasteiger charge is -2.01. The minimum atomic E-state index is 0.566. The summed E-state index contributed by atoms with van der Waals surface area (Å²) in [5.74, 6) is 0.757. The van der Waals surface area contributed by atoms with Crippen LogP contribution < -0.4 is 4.74 Å². The van der Waals surface area contributed by atoms with Gasteiger partial charge in [-0.25, -0.2) is 0 Å². The maximum absolute atomic E-state index is 8.98. The molecule has 0 aliphatic rings. The topological polar surface area (TPSA) is 50.8 Å². The Kier molecular flexibility index (Phi) is 2.61. The Morgan fingerprint density at radius 1 is 1.44 bits per heavy atom. The molecule has 0 aliphatic heterocycles. The van der Waals surface area contributed by atoms with E-state index in [1.807, 2.05) is 24.3 Å². The van der Waals surface area contributed by atoms with Crippen molar-refractivity contribution < 1.29 is 4.74 Å². The van der Waals surface area contributed by atoms with E-state index in [1.165, 1.54) is 0 Å². The van der Waals surface area contributed by atoms with E-state index >= 15 is 0 Å². The standard InChI is InChI=1S/C12H11N3O/c1-15-8-10(7-13)12(14-15)9-4-3-5-11(6-9)16-2/h3-6,8H,1-2H3. The Labute approximate surface area is 93.7 Å². The van der Waals surface area contributed by atoms with Crippen LogP contribution in [0, 0.1) is 11.3 Å². The lowest BCUT2D eigenvalue weighted by molar-refractivity contribution is 0.415. The quantitative estimate of drug-likeness (QED) is 0.766. The van der Waals surface area contributed by atoms with Gasteiger partial charge in [-0.3, -0.25) is 4.68 Å². The van der Waals surface area contributed by atoms with E-state index in [0.29, 0.717) is 11.3 Å². The van der Waals surface area contributed by atoms with E-state index in [2.05, 4.69) is 11.2 Å². The van der Waals surface area contributed by atoms with Crippen molar-refractivity contribution in [2.24, 2.45) is 7.05 Å². The van der Waals surface area contributed by atoms with E-state index in [4.69, 9.17) is 10.00 Å². The van der Waals surface area contributed by atoms with E-state index in [0.717, 1.165) is 11.3 Å². The zero-order chi connectivity index (χ0) is 11.5. The molecule has 80 valence electrons. The molecule has 0 saturated heterocycles. The molecule has 1 aromatic carbocycles. The highest BCUT2D eigenvalue weighted by Gasteiger charge is 2.09. The fourth-order valence-electron chi connectivity index (χ4n) is 1.55. The molecule has 0 saturated carbocycles. The van der Waals surface area contributed by atoms with Crippen molar-refractivity contribution in [1.82, 2.24) is 9.78 Å². The third kappa shape index (κ3) is 1.75. The minimum absolute atomic E-state index is 0.566. The number of nitriles is 1. The van der Waals surface area contributed by atoms with Crippen LogP contribution in [0.3, 0.4) is 0 Å². The maximum Gasteiger partial charge on any atom is 0.119 e. The smallest absolute Gasteiger partial charge is 0.119 e. The van der Waals surface area contributed by atoms with E-state index in [9.17, 15) is 0 Å². The SMILES string of the molecule is COc1cccc(-c2nn(C)cc2C#N)c1. The highest BCUT2D eigenvalue weighted by molar-refractivity contribution is 5.67. The van der Waals surface area contributed by atoms with E-state index < -0.39 is 0 Å². The van der Waals surface area contributed by atoms with Gasteiger partial charge in [-0.1, -0.05) is 12.1 Å². The van der Waals surface area contributed by atoms with Crippen LogP contribution in [0.2, 0.25) is 0 Å². The number of ether oxygens (including phenoxy) is 1. The summed E-state index contributed by atoms with van der Waals surface area (Å²) in [6.45, 7) is 0. The molecule has 0 unspecified atom stereocenters. The second-order valence-corrected chi connectivity index (χ2v) is 3.41. The molecule has 1 aromatic heterocycles. The number of aromatic nitrogens is 2. The third-order valence-corrected chi connectivity index (χ3v) is 2.29. The predicted octanol–water partition coefficient (Wildman–Crippen LogP) is 1.97. The van der Waals surface area contributed by atoms with Crippen molar-refractivity contribution in [1.29, 1.82) is 5.26 Å². The Balaban J connectivity index is 2.54. The van der Waals surface area contributed by atoms with Crippen LogP contribution in [0.4, 0.5) is 0 Å². The van der Waals surface area contributed by atoms with Crippen LogP contribution in [0.1, 0.15) is 5.56 Å². The monoisotopic (exact) mass is 213 g/mol. The summed E-state index contributed by atoms with van der Waals surface area (Å²) in [4.78, 5) is 0. The van der Waals surface area contributed by atoms with Gasteiger partial charge in [-0.05, 0) is 12.1 Å². The summed E-state index contributed by atoms with van der Waals surface area (Å²) < 4.78 is 6.77. The molecule has 0 bridgehead atoms. The summed E-state index contributed by atoms with van der Waals surface area (Å²) in [6.07, 6.45) is 1.70. The molecule has 0 spiro atoms. The zero-order valence-corrected chi connectivity index (χ0v) is 9.14. The Hall–Kier alpha value is -2.28. The van der Waals surface area contributed by atoms with Gasteiger partial charge < -0.3 is 4.74 Å². The predicted molar refractivity (Wildman–Crippen MR) is 59.9 cm³/mol. The first kappa shape index (κ1) is 10.2. The van der Waals surface area contributed by atoms with Crippen LogP contribution in [-0.2, 0) is 7.05 Å². The summed E-state index contributed by atoms with van der Waals surface area (Å²) in [6, 6.07) is 9.64. The molecule has 16 heavy (non-hydrogen) atoms. The van der Waals surface area contributed by atoms with E-state index in [1.54, 1.807) is 25.0 Å². The van der Waals surface area contributed by atoms with Crippen LogP contribution in [0.5, 0.6) is 5.75 Å². The Bertz CT molecular complexity index is 552. The summed E-state index contributed by atoms with van der Waals surface area (Å²) in [5, 5.41) is 13.3. The number of benzene rings is 1. The summed E-state index contributed by atoms with van der Waals surface area (Å²) >= 11 is 0. The van der Waals surface area contributed by atoms with Crippen molar-refractivity contribution in [3.63, 3.8) is 0 Å². The highest BCUT2D eigenvalue weighted by atomic mass is 16.5. The summed E-state index contributed by atoms with van der Waals surface area (Å²) in [7, 11) is 3.41. The lowest BCUT2D eigenvalue weighted by atomic mass is 10.1. The molecule has 0 aliphatic carbocycles. The van der Waals surface area contributed by atoms with Crippen LogP contribution in [0.25, 0.3) is 11.3 Å². The maximum atomic E-state index is 8.98. The minimum Gasteiger partial charge on any atom is -0.497 e. The molecule has 0 atom stereocenters. The van der Waals surface area contributed by atoms with Gasteiger partial charge in [-0.2, -0.15) is 10.4 Å².